The minimum atomic E-state index is -4.89. The van der Waals surface area contributed by atoms with E-state index in [1.807, 2.05) is 0 Å². The van der Waals surface area contributed by atoms with Crippen LogP contribution in [-0.4, -0.2) is 12.3 Å². The van der Waals surface area contributed by atoms with E-state index in [0.717, 1.165) is 25.1 Å². The Balaban J connectivity index is 2.20. The number of rotatable bonds is 8. The molecule has 0 saturated heterocycles. The molecule has 0 N–H and O–H groups in total. The third-order valence-corrected chi connectivity index (χ3v) is 4.50. The van der Waals surface area contributed by atoms with E-state index in [-0.39, 0.29) is 11.1 Å². The Morgan fingerprint density at radius 1 is 0.903 bits per heavy atom. The zero-order valence-corrected chi connectivity index (χ0v) is 16.1. The second kappa shape index (κ2) is 9.23. The van der Waals surface area contributed by atoms with Gasteiger partial charge in [0.2, 0.25) is 0 Å². The largest absolute Gasteiger partial charge is 0.426 e. The van der Waals surface area contributed by atoms with E-state index >= 15 is 0 Å². The Morgan fingerprint density at radius 2 is 1.42 bits per heavy atom. The van der Waals surface area contributed by atoms with Crippen LogP contribution in [0.4, 0.5) is 39.5 Å². The second-order valence-electron chi connectivity index (χ2n) is 6.73. The first-order chi connectivity index (χ1) is 14.3. The van der Waals surface area contributed by atoms with E-state index in [0.29, 0.717) is 12.1 Å². The van der Waals surface area contributed by atoms with Crippen molar-refractivity contribution < 1.29 is 44.3 Å². The molecule has 170 valence electrons. The normalized spacial score (nSPS) is 13.2. The highest BCUT2D eigenvalue weighted by molar-refractivity contribution is 5.49. The Bertz CT molecular complexity index is 904. The van der Waals surface area contributed by atoms with Crippen LogP contribution in [0.1, 0.15) is 42.4 Å². The Kier molecular flexibility index (Phi) is 7.33. The van der Waals surface area contributed by atoms with Crippen molar-refractivity contribution in [1.29, 1.82) is 0 Å². The van der Waals surface area contributed by atoms with Crippen molar-refractivity contribution in [2.45, 2.75) is 44.4 Å². The van der Waals surface area contributed by atoms with Crippen molar-refractivity contribution in [1.82, 2.24) is 0 Å². The number of alkyl halides is 5. The van der Waals surface area contributed by atoms with Gasteiger partial charge in [0.25, 0.3) is 0 Å². The Morgan fingerprint density at radius 3 is 1.84 bits per heavy atom. The number of ether oxygens (including phenoxy) is 1. The first-order valence-electron chi connectivity index (χ1n) is 9.02. The van der Waals surface area contributed by atoms with Crippen molar-refractivity contribution in [2.75, 3.05) is 0 Å². The average Bonchev–Trinajstić information content (AvgIpc) is 2.64. The highest BCUT2D eigenvalue weighted by Gasteiger charge is 2.42. The van der Waals surface area contributed by atoms with E-state index in [9.17, 15) is 39.5 Å². The molecule has 1 unspecified atom stereocenters. The van der Waals surface area contributed by atoms with E-state index in [4.69, 9.17) is 0 Å². The van der Waals surface area contributed by atoms with Crippen LogP contribution >= 0.6 is 0 Å². The lowest BCUT2D eigenvalue weighted by atomic mass is 9.93. The number of hydrogen-bond acceptors (Lipinski definition) is 1. The fourth-order valence-electron chi connectivity index (χ4n) is 3.00. The SMILES string of the molecule is C=Cc1cc(F)c(OC(F)(F)CCc2cc(F)c(C(CC)C(F)(F)F)c(F)c2)c(F)c1. The zero-order valence-electron chi connectivity index (χ0n) is 16.1. The minimum absolute atomic E-state index is 0.0130. The average molecular weight is 456 g/mol. The van der Waals surface area contributed by atoms with Gasteiger partial charge >= 0.3 is 12.3 Å². The molecule has 1 atom stereocenters. The summed E-state index contributed by atoms with van der Waals surface area (Å²) in [4.78, 5) is 0. The standard InChI is InChI=1S/C21H17F9O/c1-3-11-7-16(24)19(17(25)8-11)31-20(26,27)6-5-12-9-14(22)18(15(23)10-12)13(4-2)21(28,29)30/h3,7-10,13H,1,4-6H2,2H3. The maximum absolute atomic E-state index is 14.2. The molecular formula is C21H17F9O. The van der Waals surface area contributed by atoms with Gasteiger partial charge in [-0.15, -0.1) is 0 Å². The van der Waals surface area contributed by atoms with Gasteiger partial charge in [-0.1, -0.05) is 19.6 Å². The minimum Gasteiger partial charge on any atom is -0.426 e. The fraction of sp³-hybridized carbons (Fsp3) is 0.333. The molecule has 0 aliphatic heterocycles. The van der Waals surface area contributed by atoms with Gasteiger partial charge in [-0.25, -0.2) is 17.6 Å². The summed E-state index contributed by atoms with van der Waals surface area (Å²) in [5.74, 6) is -9.61. The van der Waals surface area contributed by atoms with E-state index < -0.39 is 72.0 Å². The lowest BCUT2D eigenvalue weighted by Gasteiger charge is -2.21. The summed E-state index contributed by atoms with van der Waals surface area (Å²) in [7, 11) is 0. The summed E-state index contributed by atoms with van der Waals surface area (Å²) in [5.41, 5.74) is -1.59. The molecule has 2 aromatic carbocycles. The van der Waals surface area contributed by atoms with Crippen LogP contribution in [-0.2, 0) is 6.42 Å². The van der Waals surface area contributed by atoms with Crippen LogP contribution < -0.4 is 4.74 Å². The van der Waals surface area contributed by atoms with Crippen LogP contribution in [0.3, 0.4) is 0 Å². The molecule has 0 saturated carbocycles. The zero-order chi connectivity index (χ0) is 23.6. The van der Waals surface area contributed by atoms with Gasteiger partial charge in [-0.3, -0.25) is 0 Å². The molecule has 2 aromatic rings. The first kappa shape index (κ1) is 24.6. The van der Waals surface area contributed by atoms with Crippen LogP contribution in [0, 0.1) is 23.3 Å². The molecule has 10 heteroatoms. The Hall–Kier alpha value is -2.65. The van der Waals surface area contributed by atoms with Gasteiger partial charge in [-0.05, 0) is 48.2 Å². The van der Waals surface area contributed by atoms with E-state index in [1.165, 1.54) is 0 Å². The van der Waals surface area contributed by atoms with Crippen LogP contribution in [0.15, 0.2) is 30.8 Å². The maximum Gasteiger partial charge on any atom is 0.398 e. The molecule has 0 spiro atoms. The molecule has 0 aliphatic rings. The molecular weight excluding hydrogens is 439 g/mol. The highest BCUT2D eigenvalue weighted by Crippen LogP contribution is 2.40. The smallest absolute Gasteiger partial charge is 0.398 e. The van der Waals surface area contributed by atoms with Crippen molar-refractivity contribution in [2.24, 2.45) is 0 Å². The summed E-state index contributed by atoms with van der Waals surface area (Å²) in [6.45, 7) is 4.38. The van der Waals surface area contributed by atoms with Gasteiger partial charge < -0.3 is 4.74 Å². The second-order valence-corrected chi connectivity index (χ2v) is 6.73. The van der Waals surface area contributed by atoms with Gasteiger partial charge in [0.05, 0.1) is 12.3 Å². The molecule has 31 heavy (non-hydrogen) atoms. The maximum atomic E-state index is 14.2. The van der Waals surface area contributed by atoms with Crippen molar-refractivity contribution >= 4 is 6.08 Å². The van der Waals surface area contributed by atoms with Crippen molar-refractivity contribution in [3.63, 3.8) is 0 Å². The molecule has 0 fully saturated rings. The van der Waals surface area contributed by atoms with Crippen molar-refractivity contribution in [3.05, 3.63) is 70.8 Å². The summed E-state index contributed by atoms with van der Waals surface area (Å²) < 4.78 is 127. The lowest BCUT2D eigenvalue weighted by molar-refractivity contribution is -0.183. The number of benzene rings is 2. The van der Waals surface area contributed by atoms with Crippen molar-refractivity contribution in [3.8, 4) is 5.75 Å². The quantitative estimate of drug-likeness (QED) is 0.373. The van der Waals surface area contributed by atoms with Gasteiger partial charge in [0.1, 0.15) is 11.6 Å². The molecule has 0 bridgehead atoms. The van der Waals surface area contributed by atoms with Crippen LogP contribution in [0.25, 0.3) is 6.08 Å². The van der Waals surface area contributed by atoms with E-state index in [2.05, 4.69) is 11.3 Å². The van der Waals surface area contributed by atoms with Crippen LogP contribution in [0.5, 0.6) is 5.75 Å². The summed E-state index contributed by atoms with van der Waals surface area (Å²) in [5, 5.41) is 0. The summed E-state index contributed by atoms with van der Waals surface area (Å²) >= 11 is 0. The molecule has 0 aliphatic carbocycles. The van der Waals surface area contributed by atoms with E-state index in [1.54, 1.807) is 0 Å². The number of hydrogen-bond donors (Lipinski definition) is 0. The number of aryl methyl sites for hydroxylation is 1. The number of halogens is 9. The highest BCUT2D eigenvalue weighted by atomic mass is 19.4. The monoisotopic (exact) mass is 456 g/mol. The molecule has 2 rings (SSSR count). The Labute approximate surface area is 172 Å². The summed E-state index contributed by atoms with van der Waals surface area (Å²) in [6.07, 6.45) is -10.6. The predicted octanol–water partition coefficient (Wildman–Crippen LogP) is 7.55. The predicted molar refractivity (Wildman–Crippen MR) is 95.8 cm³/mol. The van der Waals surface area contributed by atoms with Gasteiger partial charge in [0.15, 0.2) is 17.4 Å². The third-order valence-electron chi connectivity index (χ3n) is 4.50. The summed E-state index contributed by atoms with van der Waals surface area (Å²) in [6, 6.07) is 2.47. The van der Waals surface area contributed by atoms with Crippen LogP contribution in [0.2, 0.25) is 0 Å². The third kappa shape index (κ3) is 5.95. The molecule has 0 heterocycles. The lowest BCUT2D eigenvalue weighted by Crippen LogP contribution is -2.26. The first-order valence-corrected chi connectivity index (χ1v) is 9.02. The van der Waals surface area contributed by atoms with Gasteiger partial charge in [0, 0.05) is 5.56 Å². The molecule has 0 amide bonds. The molecule has 1 nitrogen and oxygen atoms in total. The molecule has 0 radical (unpaired) electrons. The van der Waals surface area contributed by atoms with Gasteiger partial charge in [-0.2, -0.15) is 22.0 Å². The molecule has 0 aromatic heterocycles. The topological polar surface area (TPSA) is 9.23 Å². The fourth-order valence-corrected chi connectivity index (χ4v) is 3.00.